The molecule has 1 rings (SSSR count). The number of amides is 1. The highest BCUT2D eigenvalue weighted by atomic mass is 79.9. The first kappa shape index (κ1) is 13.6. The Hall–Kier alpha value is -1.43. The van der Waals surface area contributed by atoms with Crippen LogP contribution >= 0.6 is 15.9 Å². The highest BCUT2D eigenvalue weighted by Crippen LogP contribution is 2.06. The molecule has 0 unspecified atom stereocenters. The zero-order chi connectivity index (χ0) is 12.7. The van der Waals surface area contributed by atoms with Crippen LogP contribution in [0.3, 0.4) is 0 Å². The maximum absolute atomic E-state index is 11.6. The van der Waals surface area contributed by atoms with E-state index in [1.54, 1.807) is 18.2 Å². The highest BCUT2D eigenvalue weighted by molar-refractivity contribution is 9.10. The van der Waals surface area contributed by atoms with E-state index in [-0.39, 0.29) is 12.3 Å². The third kappa shape index (κ3) is 5.44. The molecular weight excluding hydrogens is 288 g/mol. The van der Waals surface area contributed by atoms with E-state index in [0.29, 0.717) is 29.7 Å². The lowest BCUT2D eigenvalue weighted by Crippen LogP contribution is -2.25. The molecule has 92 valence electrons. The van der Waals surface area contributed by atoms with Crippen LogP contribution in [0.15, 0.2) is 22.8 Å². The van der Waals surface area contributed by atoms with Crippen LogP contribution < -0.4 is 5.32 Å². The summed E-state index contributed by atoms with van der Waals surface area (Å²) in [5, 5.41) is 11.1. The molecule has 0 saturated carbocycles. The van der Waals surface area contributed by atoms with Crippen molar-refractivity contribution in [1.82, 2.24) is 10.3 Å². The number of carbonyl (C=O) groups excluding carboxylic acids is 1. The number of hydrogen-bond donors (Lipinski definition) is 2. The first-order valence-corrected chi connectivity index (χ1v) is 6.01. The number of nitrogens with zero attached hydrogens (tertiary/aromatic N) is 1. The van der Waals surface area contributed by atoms with E-state index >= 15 is 0 Å². The summed E-state index contributed by atoms with van der Waals surface area (Å²) >= 11 is 3.18. The lowest BCUT2D eigenvalue weighted by Gasteiger charge is -2.04. The number of carbonyl (C=O) groups is 2. The zero-order valence-electron chi connectivity index (χ0n) is 9.15. The minimum Gasteiger partial charge on any atom is -0.481 e. The molecule has 1 amide bonds. The molecule has 0 aliphatic carbocycles. The van der Waals surface area contributed by atoms with Gasteiger partial charge >= 0.3 is 5.97 Å². The molecule has 0 radical (unpaired) electrons. The molecule has 0 aromatic carbocycles. The molecule has 2 N–H and O–H groups in total. The summed E-state index contributed by atoms with van der Waals surface area (Å²) in [6, 6.07) is 5.09. The molecule has 1 heterocycles. The van der Waals surface area contributed by atoms with Gasteiger partial charge in [0.1, 0.15) is 10.3 Å². The Balaban J connectivity index is 2.28. The van der Waals surface area contributed by atoms with Crippen LogP contribution in [0.4, 0.5) is 0 Å². The van der Waals surface area contributed by atoms with Crippen molar-refractivity contribution >= 4 is 27.8 Å². The Kier molecular flexibility index (Phi) is 5.62. The Labute approximate surface area is 107 Å². The van der Waals surface area contributed by atoms with Gasteiger partial charge in [-0.15, -0.1) is 0 Å². The van der Waals surface area contributed by atoms with Gasteiger partial charge in [0, 0.05) is 13.0 Å². The summed E-state index contributed by atoms with van der Waals surface area (Å²) in [6.45, 7) is 0.459. The lowest BCUT2D eigenvalue weighted by atomic mass is 10.2. The Morgan fingerprint density at radius 3 is 2.76 bits per heavy atom. The normalized spacial score (nSPS) is 9.94. The summed E-state index contributed by atoms with van der Waals surface area (Å²) in [5.41, 5.74) is 0.345. The molecule has 0 atom stereocenters. The van der Waals surface area contributed by atoms with Crippen molar-refractivity contribution in [1.29, 1.82) is 0 Å². The number of rotatable bonds is 6. The van der Waals surface area contributed by atoms with Crippen LogP contribution in [-0.4, -0.2) is 28.5 Å². The van der Waals surface area contributed by atoms with Gasteiger partial charge in [0.25, 0.3) is 5.91 Å². The van der Waals surface area contributed by atoms with Crippen LogP contribution in [0.5, 0.6) is 0 Å². The van der Waals surface area contributed by atoms with Crippen molar-refractivity contribution in [3.63, 3.8) is 0 Å². The van der Waals surface area contributed by atoms with Crippen molar-refractivity contribution in [3.05, 3.63) is 28.5 Å². The zero-order valence-corrected chi connectivity index (χ0v) is 10.7. The Morgan fingerprint density at radius 2 is 2.12 bits per heavy atom. The number of unbranched alkanes of at least 4 members (excludes halogenated alkanes) is 1. The summed E-state index contributed by atoms with van der Waals surface area (Å²) in [6.07, 6.45) is 1.33. The van der Waals surface area contributed by atoms with Gasteiger partial charge in [0.05, 0.1) is 0 Å². The summed E-state index contributed by atoms with van der Waals surface area (Å²) in [4.78, 5) is 25.8. The Bertz CT molecular complexity index is 409. The number of carboxylic acids is 1. The smallest absolute Gasteiger partial charge is 0.303 e. The predicted molar refractivity (Wildman–Crippen MR) is 65.8 cm³/mol. The fourth-order valence-corrected chi connectivity index (χ4v) is 1.57. The average Bonchev–Trinajstić information content (AvgIpc) is 2.28. The van der Waals surface area contributed by atoms with E-state index < -0.39 is 5.97 Å². The minimum absolute atomic E-state index is 0.130. The molecule has 0 saturated heterocycles. The van der Waals surface area contributed by atoms with Crippen molar-refractivity contribution in [3.8, 4) is 0 Å². The van der Waals surface area contributed by atoms with Gasteiger partial charge in [-0.2, -0.15) is 0 Å². The van der Waals surface area contributed by atoms with Crippen molar-refractivity contribution < 1.29 is 14.7 Å². The third-order valence-corrected chi connectivity index (χ3v) is 2.49. The molecule has 0 bridgehead atoms. The van der Waals surface area contributed by atoms with Gasteiger partial charge in [-0.05, 0) is 40.9 Å². The van der Waals surface area contributed by atoms with Crippen LogP contribution in [0.1, 0.15) is 29.8 Å². The second kappa shape index (κ2) is 7.01. The van der Waals surface area contributed by atoms with E-state index in [4.69, 9.17) is 5.11 Å². The van der Waals surface area contributed by atoms with Gasteiger partial charge in [-0.1, -0.05) is 6.07 Å². The summed E-state index contributed by atoms with van der Waals surface area (Å²) < 4.78 is 0.607. The maximum Gasteiger partial charge on any atom is 0.303 e. The van der Waals surface area contributed by atoms with Crippen LogP contribution in [0.2, 0.25) is 0 Å². The van der Waals surface area contributed by atoms with Crippen molar-refractivity contribution in [2.45, 2.75) is 19.3 Å². The molecule has 17 heavy (non-hydrogen) atoms. The topological polar surface area (TPSA) is 79.3 Å². The number of pyridine rings is 1. The first-order chi connectivity index (χ1) is 8.09. The van der Waals surface area contributed by atoms with Gasteiger partial charge < -0.3 is 10.4 Å². The fourth-order valence-electron chi connectivity index (χ4n) is 1.23. The second-order valence-electron chi connectivity index (χ2n) is 3.45. The summed E-state index contributed by atoms with van der Waals surface area (Å²) in [5.74, 6) is -1.06. The SMILES string of the molecule is O=C(O)CCCCNC(=O)c1cccc(Br)n1. The van der Waals surface area contributed by atoms with Crippen LogP contribution in [0.25, 0.3) is 0 Å². The van der Waals surface area contributed by atoms with Crippen LogP contribution in [-0.2, 0) is 4.79 Å². The highest BCUT2D eigenvalue weighted by Gasteiger charge is 2.06. The molecule has 6 heteroatoms. The predicted octanol–water partition coefficient (Wildman–Crippen LogP) is 1.83. The number of hydrogen-bond acceptors (Lipinski definition) is 3. The van der Waals surface area contributed by atoms with E-state index in [1.807, 2.05) is 0 Å². The van der Waals surface area contributed by atoms with E-state index in [0.717, 1.165) is 0 Å². The maximum atomic E-state index is 11.6. The van der Waals surface area contributed by atoms with E-state index in [2.05, 4.69) is 26.2 Å². The number of halogens is 1. The van der Waals surface area contributed by atoms with Crippen LogP contribution in [0, 0.1) is 0 Å². The second-order valence-corrected chi connectivity index (χ2v) is 4.26. The molecular formula is C11H13BrN2O3. The number of nitrogens with one attached hydrogen (secondary N) is 1. The molecule has 1 aromatic rings. The third-order valence-electron chi connectivity index (χ3n) is 2.05. The number of aromatic nitrogens is 1. The molecule has 1 aromatic heterocycles. The lowest BCUT2D eigenvalue weighted by molar-refractivity contribution is -0.137. The van der Waals surface area contributed by atoms with Crippen molar-refractivity contribution in [2.75, 3.05) is 6.54 Å². The van der Waals surface area contributed by atoms with Gasteiger partial charge in [-0.25, -0.2) is 4.98 Å². The molecule has 0 aliphatic heterocycles. The standard InChI is InChI=1S/C11H13BrN2O3/c12-9-5-3-4-8(14-9)11(17)13-7-2-1-6-10(15)16/h3-5H,1-2,6-7H2,(H,13,17)(H,15,16). The van der Waals surface area contributed by atoms with E-state index in [1.165, 1.54) is 0 Å². The molecule has 0 aliphatic rings. The molecule has 5 nitrogen and oxygen atoms in total. The van der Waals surface area contributed by atoms with Gasteiger partial charge in [-0.3, -0.25) is 9.59 Å². The molecule has 0 spiro atoms. The first-order valence-electron chi connectivity index (χ1n) is 5.22. The van der Waals surface area contributed by atoms with E-state index in [9.17, 15) is 9.59 Å². The fraction of sp³-hybridized carbons (Fsp3) is 0.364. The largest absolute Gasteiger partial charge is 0.481 e. The summed E-state index contributed by atoms with van der Waals surface area (Å²) in [7, 11) is 0. The monoisotopic (exact) mass is 300 g/mol. The Morgan fingerprint density at radius 1 is 1.35 bits per heavy atom. The molecule has 0 fully saturated rings. The number of carboxylic acid groups (broad SMARTS) is 1. The average molecular weight is 301 g/mol. The van der Waals surface area contributed by atoms with Gasteiger partial charge in [0.2, 0.25) is 0 Å². The minimum atomic E-state index is -0.815. The van der Waals surface area contributed by atoms with Gasteiger partial charge in [0.15, 0.2) is 0 Å². The quantitative estimate of drug-likeness (QED) is 0.620. The number of aliphatic carboxylic acids is 1. The van der Waals surface area contributed by atoms with Crippen molar-refractivity contribution in [2.24, 2.45) is 0 Å².